The van der Waals surface area contributed by atoms with E-state index in [1.54, 1.807) is 6.07 Å². The number of carboxylic acid groups (broad SMARTS) is 1. The highest BCUT2D eigenvalue weighted by molar-refractivity contribution is 5.93. The zero-order valence-corrected chi connectivity index (χ0v) is 12.4. The molecule has 1 fully saturated rings. The minimum atomic E-state index is -0.906. The fourth-order valence-corrected chi connectivity index (χ4v) is 3.11. The number of carbonyl (C=O) groups is 1. The Hall–Kier alpha value is -1.62. The second-order valence-electron chi connectivity index (χ2n) is 6.43. The van der Waals surface area contributed by atoms with Crippen molar-refractivity contribution in [2.24, 2.45) is 5.41 Å². The number of hydrogen-bond donors (Lipinski definition) is 2. The first-order chi connectivity index (χ1) is 10.1. The van der Waals surface area contributed by atoms with Crippen LogP contribution in [0.25, 0.3) is 0 Å². The van der Waals surface area contributed by atoms with E-state index in [0.717, 1.165) is 63.1 Å². The van der Waals surface area contributed by atoms with Crippen LogP contribution in [0, 0.1) is 5.41 Å². The third kappa shape index (κ3) is 3.02. The lowest BCUT2D eigenvalue weighted by Gasteiger charge is -2.33. The Kier molecular flexibility index (Phi) is 3.85. The summed E-state index contributed by atoms with van der Waals surface area (Å²) < 4.78 is 5.40. The number of aromatic nitrogens is 1. The van der Waals surface area contributed by atoms with Crippen LogP contribution in [0.4, 0.5) is 5.82 Å². The number of pyridine rings is 1. The first-order valence-electron chi connectivity index (χ1n) is 7.65. The third-order valence-corrected chi connectivity index (χ3v) is 4.66. The van der Waals surface area contributed by atoms with Gasteiger partial charge in [-0.25, -0.2) is 9.78 Å². The fourth-order valence-electron chi connectivity index (χ4n) is 3.11. The molecule has 0 amide bonds. The Morgan fingerprint density at radius 3 is 2.90 bits per heavy atom. The van der Waals surface area contributed by atoms with Gasteiger partial charge >= 0.3 is 5.97 Å². The topological polar surface area (TPSA) is 71.5 Å². The van der Waals surface area contributed by atoms with Crippen LogP contribution in [-0.2, 0) is 17.6 Å². The molecule has 0 aromatic carbocycles. The van der Waals surface area contributed by atoms with Gasteiger partial charge in [-0.15, -0.1) is 0 Å². The van der Waals surface area contributed by atoms with Gasteiger partial charge in [0, 0.05) is 25.5 Å². The molecule has 2 N–H and O–H groups in total. The third-order valence-electron chi connectivity index (χ3n) is 4.66. The minimum Gasteiger partial charge on any atom is -0.478 e. The second kappa shape index (κ2) is 5.64. The number of hydrogen-bond acceptors (Lipinski definition) is 4. The Morgan fingerprint density at radius 1 is 1.43 bits per heavy atom. The quantitative estimate of drug-likeness (QED) is 0.891. The maximum absolute atomic E-state index is 11.5. The van der Waals surface area contributed by atoms with Gasteiger partial charge in [-0.3, -0.25) is 0 Å². The molecule has 0 bridgehead atoms. The molecule has 3 rings (SSSR count). The van der Waals surface area contributed by atoms with Gasteiger partial charge in [-0.1, -0.05) is 6.92 Å². The van der Waals surface area contributed by atoms with Crippen LogP contribution < -0.4 is 5.32 Å². The lowest BCUT2D eigenvalue weighted by Crippen LogP contribution is -2.33. The molecule has 0 spiro atoms. The summed E-state index contributed by atoms with van der Waals surface area (Å²) in [6.45, 7) is 4.52. The molecule has 0 radical (unpaired) electrons. The van der Waals surface area contributed by atoms with Gasteiger partial charge in [0.25, 0.3) is 0 Å². The maximum Gasteiger partial charge on any atom is 0.339 e. The molecular formula is C16H22N2O3. The summed E-state index contributed by atoms with van der Waals surface area (Å²) >= 11 is 0. The standard InChI is InChI=1S/C16H22N2O3/c1-16(5-7-21-8-6-16)10-17-14-12(15(19)20)9-11-3-2-4-13(11)18-14/h9H,2-8,10H2,1H3,(H,17,18)(H,19,20). The van der Waals surface area contributed by atoms with Gasteiger partial charge in [-0.2, -0.15) is 0 Å². The summed E-state index contributed by atoms with van der Waals surface area (Å²) in [5.41, 5.74) is 2.59. The van der Waals surface area contributed by atoms with Crippen LogP contribution in [0.5, 0.6) is 0 Å². The second-order valence-corrected chi connectivity index (χ2v) is 6.43. The van der Waals surface area contributed by atoms with Gasteiger partial charge in [-0.05, 0) is 49.1 Å². The summed E-state index contributed by atoms with van der Waals surface area (Å²) in [5.74, 6) is -0.382. The number of nitrogens with one attached hydrogen (secondary N) is 1. The van der Waals surface area contributed by atoms with Crippen molar-refractivity contribution in [3.05, 3.63) is 22.9 Å². The predicted molar refractivity (Wildman–Crippen MR) is 79.9 cm³/mol. The van der Waals surface area contributed by atoms with Crippen LogP contribution in [0.1, 0.15) is 47.8 Å². The van der Waals surface area contributed by atoms with Crippen molar-refractivity contribution in [1.82, 2.24) is 4.98 Å². The van der Waals surface area contributed by atoms with Gasteiger partial charge < -0.3 is 15.2 Å². The fraction of sp³-hybridized carbons (Fsp3) is 0.625. The van der Waals surface area contributed by atoms with Gasteiger partial charge in [0.1, 0.15) is 11.4 Å². The molecule has 114 valence electrons. The van der Waals surface area contributed by atoms with E-state index < -0.39 is 5.97 Å². The van der Waals surface area contributed by atoms with Crippen molar-refractivity contribution in [3.63, 3.8) is 0 Å². The van der Waals surface area contributed by atoms with Crippen LogP contribution in [-0.4, -0.2) is 35.8 Å². The predicted octanol–water partition coefficient (Wildman–Crippen LogP) is 2.50. The van der Waals surface area contributed by atoms with E-state index in [2.05, 4.69) is 17.2 Å². The van der Waals surface area contributed by atoms with Crippen molar-refractivity contribution in [2.75, 3.05) is 25.1 Å². The average molecular weight is 290 g/mol. The maximum atomic E-state index is 11.5. The van der Waals surface area contributed by atoms with E-state index in [0.29, 0.717) is 11.4 Å². The van der Waals surface area contributed by atoms with Crippen LogP contribution in [0.3, 0.4) is 0 Å². The Bertz CT molecular complexity index is 551. The molecule has 1 aromatic heterocycles. The number of aryl methyl sites for hydroxylation is 2. The summed E-state index contributed by atoms with van der Waals surface area (Å²) in [7, 11) is 0. The Balaban J connectivity index is 1.79. The highest BCUT2D eigenvalue weighted by Gasteiger charge is 2.28. The summed E-state index contributed by atoms with van der Waals surface area (Å²) in [5, 5.41) is 12.7. The smallest absolute Gasteiger partial charge is 0.339 e. The molecule has 0 unspecified atom stereocenters. The molecule has 2 heterocycles. The van der Waals surface area contributed by atoms with Gasteiger partial charge in [0.05, 0.1) is 0 Å². The van der Waals surface area contributed by atoms with Crippen molar-refractivity contribution in [1.29, 1.82) is 0 Å². The van der Waals surface area contributed by atoms with Crippen LogP contribution in [0.15, 0.2) is 6.07 Å². The normalized spacial score (nSPS) is 20.0. The number of carboxylic acids is 1. The molecule has 1 aliphatic heterocycles. The van der Waals surface area contributed by atoms with Gasteiger partial charge in [0.15, 0.2) is 0 Å². The van der Waals surface area contributed by atoms with Crippen molar-refractivity contribution >= 4 is 11.8 Å². The van der Waals surface area contributed by atoms with Gasteiger partial charge in [0.2, 0.25) is 0 Å². The van der Waals surface area contributed by atoms with Crippen molar-refractivity contribution < 1.29 is 14.6 Å². The van der Waals surface area contributed by atoms with Crippen molar-refractivity contribution in [3.8, 4) is 0 Å². The molecule has 1 aliphatic carbocycles. The summed E-state index contributed by atoms with van der Waals surface area (Å²) in [6, 6.07) is 1.80. The SMILES string of the molecule is CC1(CNc2nc3c(cc2C(=O)O)CCC3)CCOCC1. The molecule has 2 aliphatic rings. The van der Waals surface area contributed by atoms with E-state index >= 15 is 0 Å². The number of anilines is 1. The molecule has 21 heavy (non-hydrogen) atoms. The Morgan fingerprint density at radius 2 is 2.19 bits per heavy atom. The number of rotatable bonds is 4. The number of nitrogens with zero attached hydrogens (tertiary/aromatic N) is 1. The highest BCUT2D eigenvalue weighted by atomic mass is 16.5. The summed E-state index contributed by atoms with van der Waals surface area (Å²) in [4.78, 5) is 16.0. The molecule has 1 aromatic rings. The first kappa shape index (κ1) is 14.3. The molecule has 0 atom stereocenters. The van der Waals surface area contributed by atoms with E-state index in [9.17, 15) is 9.90 Å². The van der Waals surface area contributed by atoms with E-state index in [1.807, 2.05) is 0 Å². The molecule has 0 saturated carbocycles. The first-order valence-corrected chi connectivity index (χ1v) is 7.65. The van der Waals surface area contributed by atoms with Crippen LogP contribution in [0.2, 0.25) is 0 Å². The molecular weight excluding hydrogens is 268 g/mol. The van der Waals surface area contributed by atoms with E-state index in [-0.39, 0.29) is 5.41 Å². The van der Waals surface area contributed by atoms with E-state index in [1.165, 1.54) is 0 Å². The average Bonchev–Trinajstić information content (AvgIpc) is 2.92. The summed E-state index contributed by atoms with van der Waals surface area (Å²) in [6.07, 6.45) is 4.95. The Labute approximate surface area is 124 Å². The van der Waals surface area contributed by atoms with Crippen LogP contribution >= 0.6 is 0 Å². The lowest BCUT2D eigenvalue weighted by atomic mass is 9.82. The highest BCUT2D eigenvalue weighted by Crippen LogP contribution is 2.31. The molecule has 1 saturated heterocycles. The zero-order chi connectivity index (χ0) is 14.9. The number of fused-ring (bicyclic) bond motifs is 1. The number of aromatic carboxylic acids is 1. The molecule has 5 nitrogen and oxygen atoms in total. The van der Waals surface area contributed by atoms with E-state index in [4.69, 9.17) is 4.74 Å². The largest absolute Gasteiger partial charge is 0.478 e. The zero-order valence-electron chi connectivity index (χ0n) is 12.4. The molecule has 5 heteroatoms. The lowest BCUT2D eigenvalue weighted by molar-refractivity contribution is 0.0299. The van der Waals surface area contributed by atoms with Crippen molar-refractivity contribution in [2.45, 2.75) is 39.0 Å². The monoisotopic (exact) mass is 290 g/mol. The number of ether oxygens (including phenoxy) is 1. The minimum absolute atomic E-state index is 0.148.